The largest absolute Gasteiger partial charge is 0.493 e. The van der Waals surface area contributed by atoms with Gasteiger partial charge in [0.2, 0.25) is 10.1 Å². The molecule has 3 N–H and O–H groups in total. The van der Waals surface area contributed by atoms with Crippen molar-refractivity contribution in [1.82, 2.24) is 4.98 Å². The lowest BCUT2D eigenvalue weighted by atomic mass is 10.9. The topological polar surface area (TPSA) is 107 Å². The Morgan fingerprint density at radius 2 is 2.00 bits per heavy atom. The van der Waals surface area contributed by atoms with Crippen LogP contribution in [0.25, 0.3) is 0 Å². The Morgan fingerprint density at radius 1 is 1.45 bits per heavy atom. The zero-order valence-electron chi connectivity index (χ0n) is 4.94. The Kier molecular flexibility index (Phi) is 1.74. The molecule has 0 bridgehead atoms. The standard InChI is InChI=1S/C3H3NO5S2/c5-1-2(11(7,8)9)10-3(6)4-1/h5H,(H,4,6)(H,7,8,9). The van der Waals surface area contributed by atoms with Crippen LogP contribution < -0.4 is 4.87 Å². The molecule has 1 rings (SSSR count). The van der Waals surface area contributed by atoms with Crippen LogP contribution >= 0.6 is 11.3 Å². The minimum absolute atomic E-state index is 0.222. The smallest absolute Gasteiger partial charge is 0.309 e. The number of aromatic amines is 1. The Balaban J connectivity index is 3.48. The van der Waals surface area contributed by atoms with Gasteiger partial charge in [0.1, 0.15) is 0 Å². The van der Waals surface area contributed by atoms with Crippen LogP contribution in [0.4, 0.5) is 0 Å². The summed E-state index contributed by atoms with van der Waals surface area (Å²) < 4.78 is 28.2. The molecule has 1 aromatic heterocycles. The van der Waals surface area contributed by atoms with Crippen molar-refractivity contribution in [1.29, 1.82) is 0 Å². The number of nitrogens with one attached hydrogen (secondary N) is 1. The summed E-state index contributed by atoms with van der Waals surface area (Å²) in [5.74, 6) is -0.831. The van der Waals surface area contributed by atoms with Crippen molar-refractivity contribution in [2.75, 3.05) is 0 Å². The third-order valence-corrected chi connectivity index (χ3v) is 3.04. The van der Waals surface area contributed by atoms with Gasteiger partial charge in [0.25, 0.3) is 0 Å². The zero-order valence-corrected chi connectivity index (χ0v) is 6.57. The van der Waals surface area contributed by atoms with Gasteiger partial charge in [-0.2, -0.15) is 8.42 Å². The summed E-state index contributed by atoms with van der Waals surface area (Å²) in [6.45, 7) is 0. The minimum atomic E-state index is -4.48. The zero-order chi connectivity index (χ0) is 8.65. The van der Waals surface area contributed by atoms with Gasteiger partial charge < -0.3 is 5.11 Å². The summed E-state index contributed by atoms with van der Waals surface area (Å²) in [5.41, 5.74) is 0. The van der Waals surface area contributed by atoms with Gasteiger partial charge in [0.15, 0.2) is 0 Å². The maximum absolute atomic E-state index is 10.4. The Morgan fingerprint density at radius 3 is 2.18 bits per heavy atom. The van der Waals surface area contributed by atoms with Crippen molar-refractivity contribution in [3.05, 3.63) is 9.67 Å². The van der Waals surface area contributed by atoms with Gasteiger partial charge in [-0.25, -0.2) is 0 Å². The first kappa shape index (κ1) is 8.24. The van der Waals surface area contributed by atoms with E-state index in [-0.39, 0.29) is 11.3 Å². The first-order valence-corrected chi connectivity index (χ1v) is 4.56. The van der Waals surface area contributed by atoms with E-state index in [0.29, 0.717) is 0 Å². The molecule has 11 heavy (non-hydrogen) atoms. The van der Waals surface area contributed by atoms with Gasteiger partial charge in [-0.05, 0) is 0 Å². The van der Waals surface area contributed by atoms with E-state index in [2.05, 4.69) is 0 Å². The van der Waals surface area contributed by atoms with Crippen molar-refractivity contribution < 1.29 is 18.1 Å². The third-order valence-electron chi connectivity index (χ3n) is 0.833. The molecule has 0 fully saturated rings. The number of hydrogen-bond acceptors (Lipinski definition) is 5. The molecule has 8 heteroatoms. The molecule has 6 nitrogen and oxygen atoms in total. The normalized spacial score (nSPS) is 11.7. The molecule has 0 aromatic carbocycles. The fourth-order valence-corrected chi connectivity index (χ4v) is 1.89. The molecule has 0 spiro atoms. The first-order chi connectivity index (χ1) is 4.91. The van der Waals surface area contributed by atoms with E-state index in [9.17, 15) is 13.2 Å². The highest BCUT2D eigenvalue weighted by molar-refractivity contribution is 7.88. The van der Waals surface area contributed by atoms with E-state index in [1.165, 1.54) is 0 Å². The van der Waals surface area contributed by atoms with Crippen LogP contribution in [-0.2, 0) is 10.1 Å². The van der Waals surface area contributed by atoms with E-state index in [0.717, 1.165) is 0 Å². The molecule has 0 amide bonds. The first-order valence-electron chi connectivity index (χ1n) is 2.31. The van der Waals surface area contributed by atoms with Crippen molar-refractivity contribution in [3.63, 3.8) is 0 Å². The van der Waals surface area contributed by atoms with Crippen molar-refractivity contribution in [2.45, 2.75) is 4.21 Å². The number of aromatic hydroxyl groups is 1. The molecular weight excluding hydrogens is 194 g/mol. The van der Waals surface area contributed by atoms with Gasteiger partial charge in [-0.1, -0.05) is 11.3 Å². The number of hydrogen-bond donors (Lipinski definition) is 3. The van der Waals surface area contributed by atoms with E-state index in [4.69, 9.17) is 9.66 Å². The summed E-state index contributed by atoms with van der Waals surface area (Å²) in [4.78, 5) is 11.4. The Hall–Kier alpha value is -0.860. The molecule has 1 aromatic rings. The molecule has 0 saturated heterocycles. The van der Waals surface area contributed by atoms with Crippen LogP contribution in [0.1, 0.15) is 0 Å². The van der Waals surface area contributed by atoms with Crippen LogP contribution in [0.5, 0.6) is 5.88 Å². The molecule has 0 radical (unpaired) electrons. The lowest BCUT2D eigenvalue weighted by molar-refractivity contribution is 0.433. The second kappa shape index (κ2) is 2.32. The van der Waals surface area contributed by atoms with Crippen molar-refractivity contribution >= 4 is 21.5 Å². The van der Waals surface area contributed by atoms with Crippen molar-refractivity contribution in [2.24, 2.45) is 0 Å². The van der Waals surface area contributed by atoms with Crippen LogP contribution in [0.15, 0.2) is 9.00 Å². The molecule has 0 aliphatic carbocycles. The quantitative estimate of drug-likeness (QED) is 0.520. The average Bonchev–Trinajstić information content (AvgIpc) is 2.08. The minimum Gasteiger partial charge on any atom is -0.493 e. The second-order valence-electron chi connectivity index (χ2n) is 1.63. The van der Waals surface area contributed by atoms with E-state index < -0.39 is 25.1 Å². The summed E-state index contributed by atoms with van der Waals surface area (Å²) in [5, 5.41) is 8.68. The molecule has 62 valence electrons. The predicted molar refractivity (Wildman–Crippen MR) is 36.4 cm³/mol. The van der Waals surface area contributed by atoms with E-state index in [1.54, 1.807) is 4.98 Å². The average molecular weight is 197 g/mol. The fraction of sp³-hybridized carbons (Fsp3) is 0. The van der Waals surface area contributed by atoms with Crippen LogP contribution in [0.3, 0.4) is 0 Å². The molecule has 0 unspecified atom stereocenters. The molecule has 0 saturated carbocycles. The van der Waals surface area contributed by atoms with Crippen molar-refractivity contribution in [3.8, 4) is 5.88 Å². The number of rotatable bonds is 1. The number of thiazole rings is 1. The molecular formula is C3H3NO5S2. The highest BCUT2D eigenvalue weighted by Crippen LogP contribution is 2.20. The summed E-state index contributed by atoms with van der Waals surface area (Å²) in [6.07, 6.45) is 0. The summed E-state index contributed by atoms with van der Waals surface area (Å²) >= 11 is 0.222. The van der Waals surface area contributed by atoms with Crippen LogP contribution in [-0.4, -0.2) is 23.1 Å². The molecule has 1 heterocycles. The second-order valence-corrected chi connectivity index (χ2v) is 4.23. The maximum Gasteiger partial charge on any atom is 0.309 e. The van der Waals surface area contributed by atoms with Gasteiger partial charge in [0.05, 0.1) is 0 Å². The molecule has 0 aliphatic rings. The molecule has 0 atom stereocenters. The molecule has 0 aliphatic heterocycles. The van der Waals surface area contributed by atoms with Gasteiger partial charge in [-0.15, -0.1) is 0 Å². The predicted octanol–water partition coefficient (Wildman–Crippen LogP) is -0.611. The van der Waals surface area contributed by atoms with E-state index in [1.807, 2.05) is 0 Å². The Bertz CT molecular complexity index is 411. The summed E-state index contributed by atoms with van der Waals surface area (Å²) in [7, 11) is -4.48. The fourth-order valence-electron chi connectivity index (χ4n) is 0.481. The number of H-pyrrole nitrogens is 1. The van der Waals surface area contributed by atoms with Gasteiger partial charge in [0, 0.05) is 0 Å². The van der Waals surface area contributed by atoms with Crippen LogP contribution in [0.2, 0.25) is 0 Å². The Labute approximate surface area is 64.9 Å². The SMILES string of the molecule is O=c1[nH]c(O)c(S(=O)(=O)O)s1. The van der Waals surface area contributed by atoms with Gasteiger partial charge in [-0.3, -0.25) is 14.3 Å². The number of aromatic nitrogens is 1. The highest BCUT2D eigenvalue weighted by atomic mass is 32.3. The van der Waals surface area contributed by atoms with Crippen LogP contribution in [0, 0.1) is 0 Å². The lowest BCUT2D eigenvalue weighted by Gasteiger charge is -1.88. The monoisotopic (exact) mass is 197 g/mol. The third kappa shape index (κ3) is 1.59. The van der Waals surface area contributed by atoms with Gasteiger partial charge >= 0.3 is 15.0 Å². The van der Waals surface area contributed by atoms with E-state index >= 15 is 0 Å². The maximum atomic E-state index is 10.4. The lowest BCUT2D eigenvalue weighted by Crippen LogP contribution is -1.94. The highest BCUT2D eigenvalue weighted by Gasteiger charge is 2.19. The summed E-state index contributed by atoms with van der Waals surface area (Å²) in [6, 6.07) is 0.